The lowest BCUT2D eigenvalue weighted by Crippen LogP contribution is -2.49. The van der Waals surface area contributed by atoms with Crippen LogP contribution in [0.2, 0.25) is 0 Å². The fraction of sp³-hybridized carbons (Fsp3) is 0.909. The van der Waals surface area contributed by atoms with Crippen molar-refractivity contribution in [2.45, 2.75) is 25.0 Å². The lowest BCUT2D eigenvalue weighted by atomic mass is 10.2. The molecule has 1 saturated heterocycles. The average molecular weight is 264 g/mol. The van der Waals surface area contributed by atoms with Crippen LogP contribution in [0.1, 0.15) is 12.8 Å². The first-order valence-electron chi connectivity index (χ1n) is 6.00. The van der Waals surface area contributed by atoms with Crippen LogP contribution in [0.5, 0.6) is 0 Å². The minimum atomic E-state index is 0. The summed E-state index contributed by atoms with van der Waals surface area (Å²) >= 11 is 0. The summed E-state index contributed by atoms with van der Waals surface area (Å²) in [5.41, 5.74) is 5.57. The standard InChI is InChI=1S/C11H21N3O2.ClH/c1-13(9-2-3-9)11(15)8-14-4-5-16-10(6-12)7-14;/h9-10H,2-8,12H2,1H3;1H. The van der Waals surface area contributed by atoms with E-state index in [2.05, 4.69) is 4.90 Å². The van der Waals surface area contributed by atoms with Crippen molar-refractivity contribution in [2.24, 2.45) is 5.73 Å². The van der Waals surface area contributed by atoms with Gasteiger partial charge in [0.15, 0.2) is 0 Å². The minimum Gasteiger partial charge on any atom is -0.374 e. The molecule has 1 heterocycles. The zero-order valence-corrected chi connectivity index (χ0v) is 11.1. The first kappa shape index (κ1) is 14.7. The van der Waals surface area contributed by atoms with Gasteiger partial charge in [-0.2, -0.15) is 0 Å². The summed E-state index contributed by atoms with van der Waals surface area (Å²) in [6.07, 6.45) is 2.42. The number of hydrogen-bond acceptors (Lipinski definition) is 4. The van der Waals surface area contributed by atoms with E-state index in [1.807, 2.05) is 11.9 Å². The monoisotopic (exact) mass is 263 g/mol. The van der Waals surface area contributed by atoms with Gasteiger partial charge in [0.05, 0.1) is 19.3 Å². The Bertz CT molecular complexity index is 261. The third-order valence-corrected chi connectivity index (χ3v) is 3.33. The predicted molar refractivity (Wildman–Crippen MR) is 68.3 cm³/mol. The highest BCUT2D eigenvalue weighted by atomic mass is 35.5. The normalized spacial score (nSPS) is 25.2. The van der Waals surface area contributed by atoms with Gasteiger partial charge in [0.1, 0.15) is 0 Å². The van der Waals surface area contributed by atoms with Crippen molar-refractivity contribution in [3.8, 4) is 0 Å². The molecule has 1 amide bonds. The van der Waals surface area contributed by atoms with Crippen molar-refractivity contribution >= 4 is 18.3 Å². The molecule has 17 heavy (non-hydrogen) atoms. The van der Waals surface area contributed by atoms with Crippen molar-refractivity contribution in [3.63, 3.8) is 0 Å². The molecule has 100 valence electrons. The number of ether oxygens (including phenoxy) is 1. The van der Waals surface area contributed by atoms with Crippen LogP contribution in [0.3, 0.4) is 0 Å². The SMILES string of the molecule is CN(C(=O)CN1CCOC(CN)C1)C1CC1.Cl. The van der Waals surface area contributed by atoms with E-state index in [9.17, 15) is 4.79 Å². The third kappa shape index (κ3) is 4.10. The van der Waals surface area contributed by atoms with Crippen LogP contribution in [0.15, 0.2) is 0 Å². The molecule has 2 N–H and O–H groups in total. The fourth-order valence-corrected chi connectivity index (χ4v) is 2.03. The van der Waals surface area contributed by atoms with Crippen LogP contribution in [0.4, 0.5) is 0 Å². The second kappa shape index (κ2) is 6.54. The number of morpholine rings is 1. The zero-order valence-electron chi connectivity index (χ0n) is 10.3. The van der Waals surface area contributed by atoms with Gasteiger partial charge in [0.2, 0.25) is 5.91 Å². The summed E-state index contributed by atoms with van der Waals surface area (Å²) < 4.78 is 5.47. The second-order valence-electron chi connectivity index (χ2n) is 4.70. The Morgan fingerprint density at radius 2 is 2.24 bits per heavy atom. The van der Waals surface area contributed by atoms with Crippen LogP contribution in [-0.4, -0.2) is 67.7 Å². The van der Waals surface area contributed by atoms with Gasteiger partial charge in [-0.3, -0.25) is 9.69 Å². The van der Waals surface area contributed by atoms with Crippen LogP contribution >= 0.6 is 12.4 Å². The van der Waals surface area contributed by atoms with Crippen LogP contribution in [0.25, 0.3) is 0 Å². The lowest BCUT2D eigenvalue weighted by molar-refractivity contribution is -0.133. The summed E-state index contributed by atoms with van der Waals surface area (Å²) in [6.45, 7) is 3.33. The van der Waals surface area contributed by atoms with Gasteiger partial charge in [0.25, 0.3) is 0 Å². The fourth-order valence-electron chi connectivity index (χ4n) is 2.03. The zero-order chi connectivity index (χ0) is 11.5. The molecule has 5 nitrogen and oxygen atoms in total. The van der Waals surface area contributed by atoms with Crippen molar-refractivity contribution in [1.82, 2.24) is 9.80 Å². The number of hydrogen-bond donors (Lipinski definition) is 1. The average Bonchev–Trinajstić information content (AvgIpc) is 3.12. The molecular formula is C11H22ClN3O2. The molecule has 0 aromatic rings. The molecular weight excluding hydrogens is 242 g/mol. The molecule has 1 aliphatic carbocycles. The summed E-state index contributed by atoms with van der Waals surface area (Å²) in [7, 11) is 1.90. The molecule has 2 fully saturated rings. The Hall–Kier alpha value is -0.360. The van der Waals surface area contributed by atoms with E-state index in [0.29, 0.717) is 25.7 Å². The Kier molecular flexibility index (Phi) is 5.66. The van der Waals surface area contributed by atoms with Gasteiger partial charge in [0, 0.05) is 32.7 Å². The van der Waals surface area contributed by atoms with Crippen LogP contribution in [-0.2, 0) is 9.53 Å². The molecule has 1 saturated carbocycles. The summed E-state index contributed by atoms with van der Waals surface area (Å²) in [4.78, 5) is 15.9. The highest BCUT2D eigenvalue weighted by Gasteiger charge is 2.31. The highest BCUT2D eigenvalue weighted by molar-refractivity contribution is 5.85. The molecule has 0 radical (unpaired) electrons. The van der Waals surface area contributed by atoms with Gasteiger partial charge in [-0.25, -0.2) is 0 Å². The molecule has 2 rings (SSSR count). The largest absolute Gasteiger partial charge is 0.374 e. The van der Waals surface area contributed by atoms with Gasteiger partial charge in [-0.05, 0) is 12.8 Å². The number of carbonyl (C=O) groups is 1. The molecule has 0 spiro atoms. The number of halogens is 1. The number of amides is 1. The van der Waals surface area contributed by atoms with E-state index >= 15 is 0 Å². The molecule has 6 heteroatoms. The van der Waals surface area contributed by atoms with Gasteiger partial charge < -0.3 is 15.4 Å². The Morgan fingerprint density at radius 1 is 1.53 bits per heavy atom. The predicted octanol–water partition coefficient (Wildman–Crippen LogP) is -0.311. The second-order valence-corrected chi connectivity index (χ2v) is 4.70. The summed E-state index contributed by atoms with van der Waals surface area (Å²) in [5.74, 6) is 0.222. The smallest absolute Gasteiger partial charge is 0.236 e. The Labute approximate surface area is 109 Å². The van der Waals surface area contributed by atoms with E-state index in [-0.39, 0.29) is 24.4 Å². The third-order valence-electron chi connectivity index (χ3n) is 3.33. The van der Waals surface area contributed by atoms with E-state index in [1.54, 1.807) is 0 Å². The highest BCUT2D eigenvalue weighted by Crippen LogP contribution is 2.25. The van der Waals surface area contributed by atoms with Gasteiger partial charge in [-0.1, -0.05) is 0 Å². The molecule has 0 bridgehead atoms. The van der Waals surface area contributed by atoms with E-state index < -0.39 is 0 Å². The topological polar surface area (TPSA) is 58.8 Å². The molecule has 0 aromatic carbocycles. The quantitative estimate of drug-likeness (QED) is 0.756. The van der Waals surface area contributed by atoms with Gasteiger partial charge >= 0.3 is 0 Å². The Balaban J connectivity index is 0.00000144. The number of rotatable bonds is 4. The van der Waals surface area contributed by atoms with Crippen molar-refractivity contribution in [2.75, 3.05) is 39.8 Å². The van der Waals surface area contributed by atoms with Gasteiger partial charge in [-0.15, -0.1) is 12.4 Å². The maximum absolute atomic E-state index is 11.9. The first-order chi connectivity index (χ1) is 7.70. The molecule has 0 aromatic heterocycles. The van der Waals surface area contributed by atoms with E-state index in [1.165, 1.54) is 0 Å². The first-order valence-corrected chi connectivity index (χ1v) is 6.00. The van der Waals surface area contributed by atoms with Crippen molar-refractivity contribution in [3.05, 3.63) is 0 Å². The van der Waals surface area contributed by atoms with Crippen molar-refractivity contribution in [1.29, 1.82) is 0 Å². The van der Waals surface area contributed by atoms with Crippen molar-refractivity contribution < 1.29 is 9.53 Å². The molecule has 2 aliphatic rings. The van der Waals surface area contributed by atoms with E-state index in [4.69, 9.17) is 10.5 Å². The maximum Gasteiger partial charge on any atom is 0.236 e. The minimum absolute atomic E-state index is 0. The number of nitrogens with zero attached hydrogens (tertiary/aromatic N) is 2. The maximum atomic E-state index is 11.9. The van der Waals surface area contributed by atoms with Crippen LogP contribution < -0.4 is 5.73 Å². The summed E-state index contributed by atoms with van der Waals surface area (Å²) in [5, 5.41) is 0. The van der Waals surface area contributed by atoms with Crippen LogP contribution in [0, 0.1) is 0 Å². The molecule has 1 aliphatic heterocycles. The van der Waals surface area contributed by atoms with E-state index in [0.717, 1.165) is 25.9 Å². The number of nitrogens with two attached hydrogens (primary N) is 1. The lowest BCUT2D eigenvalue weighted by Gasteiger charge is -2.32. The Morgan fingerprint density at radius 3 is 2.82 bits per heavy atom. The number of carbonyl (C=O) groups excluding carboxylic acids is 1. The molecule has 1 unspecified atom stereocenters. The molecule has 1 atom stereocenters. The number of likely N-dealkylation sites (N-methyl/N-ethyl adjacent to an activating group) is 1. The summed E-state index contributed by atoms with van der Waals surface area (Å²) in [6, 6.07) is 0.499.